The molecule has 0 atom stereocenters. The molecule has 268 valence electrons. The molecule has 0 amide bonds. The Bertz CT molecular complexity index is 1260. The Morgan fingerprint density at radius 3 is 1.20 bits per heavy atom. The monoisotopic (exact) mass is 726 g/mol. The number of hydrogen-bond acceptors (Lipinski definition) is 3. The van der Waals surface area contributed by atoms with Crippen LogP contribution in [0.2, 0.25) is 0 Å². The van der Waals surface area contributed by atoms with E-state index in [1.165, 1.54) is 26.0 Å². The van der Waals surface area contributed by atoms with Crippen molar-refractivity contribution in [2.75, 3.05) is 6.61 Å². The van der Waals surface area contributed by atoms with Gasteiger partial charge in [-0.05, 0) is 37.0 Å². The van der Waals surface area contributed by atoms with Gasteiger partial charge >= 0.3 is 65.4 Å². The third-order valence-electron chi connectivity index (χ3n) is 6.16. The van der Waals surface area contributed by atoms with E-state index in [0.29, 0.717) is 0 Å². The van der Waals surface area contributed by atoms with Crippen molar-refractivity contribution in [3.63, 3.8) is 0 Å². The maximum Gasteiger partial charge on any atom is 0.460 e. The van der Waals surface area contributed by atoms with E-state index in [2.05, 4.69) is 4.74 Å². The van der Waals surface area contributed by atoms with Gasteiger partial charge in [-0.1, -0.05) is 12.1 Å². The van der Waals surface area contributed by atoms with Gasteiger partial charge in [0.1, 0.15) is 5.75 Å². The number of carbonyl (C=O) groups is 1. The smallest absolute Gasteiger partial charge is 0.460 e. The van der Waals surface area contributed by atoms with E-state index in [1.54, 1.807) is 0 Å². The number of phenols is 1. The normalized spacial score (nSPS) is 15.3. The summed E-state index contributed by atoms with van der Waals surface area (Å²) in [6, 6.07) is 2.36. The highest BCUT2D eigenvalue weighted by Crippen LogP contribution is 2.66. The van der Waals surface area contributed by atoms with Gasteiger partial charge in [0.05, 0.1) is 0 Å². The van der Waals surface area contributed by atoms with Crippen LogP contribution in [0.1, 0.15) is 23.1 Å². The van der Waals surface area contributed by atoms with E-state index in [0.717, 1.165) is 0 Å². The van der Waals surface area contributed by atoms with E-state index in [9.17, 15) is 102 Å². The van der Waals surface area contributed by atoms with Gasteiger partial charge in [-0.2, -0.15) is 92.2 Å². The molecular weight excluding hydrogens is 711 g/mol. The van der Waals surface area contributed by atoms with Crippen LogP contribution < -0.4 is 0 Å². The topological polar surface area (TPSA) is 46.5 Å². The van der Waals surface area contributed by atoms with Gasteiger partial charge in [-0.15, -0.1) is 0 Å². The summed E-state index contributed by atoms with van der Waals surface area (Å²) in [6.45, 7) is -0.800. The first-order valence-corrected chi connectivity index (χ1v) is 11.4. The third kappa shape index (κ3) is 5.96. The molecule has 0 unspecified atom stereocenters. The Kier molecular flexibility index (Phi) is 10.4. The van der Waals surface area contributed by atoms with Crippen molar-refractivity contribution < 1.29 is 107 Å². The van der Waals surface area contributed by atoms with Crippen LogP contribution in [0.15, 0.2) is 12.1 Å². The zero-order chi connectivity index (χ0) is 37.1. The van der Waals surface area contributed by atoms with Crippen molar-refractivity contribution in [3.05, 3.63) is 28.8 Å². The molecule has 1 rings (SSSR count). The first kappa shape index (κ1) is 41.0. The van der Waals surface area contributed by atoms with Gasteiger partial charge in [0, 0.05) is 6.42 Å². The van der Waals surface area contributed by atoms with Crippen LogP contribution in [-0.4, -0.2) is 77.2 Å². The molecule has 0 aromatic heterocycles. The Balaban J connectivity index is 3.40. The number of halogens is 21. The van der Waals surface area contributed by atoms with E-state index >= 15 is 0 Å². The van der Waals surface area contributed by atoms with Crippen LogP contribution in [0.5, 0.6) is 5.75 Å². The molecule has 0 saturated heterocycles. The molecule has 46 heavy (non-hydrogen) atoms. The molecular formula is C22H15F21O3. The molecule has 0 heterocycles. The number of rotatable bonds is 13. The van der Waals surface area contributed by atoms with Crippen molar-refractivity contribution >= 4 is 5.97 Å². The molecule has 0 saturated carbocycles. The fourth-order valence-electron chi connectivity index (χ4n) is 3.36. The zero-order valence-electron chi connectivity index (χ0n) is 22.0. The first-order chi connectivity index (χ1) is 19.9. The molecule has 0 bridgehead atoms. The average Bonchev–Trinajstić information content (AvgIpc) is 2.87. The van der Waals surface area contributed by atoms with Crippen molar-refractivity contribution in [2.24, 2.45) is 0 Å². The second-order valence-electron chi connectivity index (χ2n) is 9.54. The standard InChI is InChI=1S/C22H15F21O3/c1-8-5-10(6-9(2)12(8)45)3-4-11(44)46-7-13(23,24)14(25,26)15(27,28)16(29,30)17(31,32)18(33,34)19(35,36)20(37,38)21(39,40)22(41,42)43/h5-6,45H,3-4,7H2,1-2H3. The minimum atomic E-state index is -9.26. The molecule has 1 aromatic rings. The summed E-state index contributed by atoms with van der Waals surface area (Å²) in [5.41, 5.74) is 0.470. The molecule has 0 aliphatic carbocycles. The van der Waals surface area contributed by atoms with E-state index in [4.69, 9.17) is 0 Å². The number of aromatic hydroxyl groups is 1. The molecule has 1 N–H and O–H groups in total. The highest BCUT2D eigenvalue weighted by molar-refractivity contribution is 5.69. The lowest BCUT2D eigenvalue weighted by atomic mass is 9.86. The van der Waals surface area contributed by atoms with Crippen molar-refractivity contribution in [2.45, 2.75) is 86.2 Å². The molecule has 0 radical (unpaired) electrons. The summed E-state index contributed by atoms with van der Waals surface area (Å²) in [6.07, 6.45) is -9.69. The average molecular weight is 726 g/mol. The molecule has 3 nitrogen and oxygen atoms in total. The van der Waals surface area contributed by atoms with Gasteiger partial charge < -0.3 is 9.84 Å². The van der Waals surface area contributed by atoms with Gasteiger partial charge in [0.15, 0.2) is 6.61 Å². The van der Waals surface area contributed by atoms with E-state index in [1.807, 2.05) is 0 Å². The minimum Gasteiger partial charge on any atom is -0.507 e. The number of aryl methyl sites for hydroxylation is 3. The number of esters is 1. The summed E-state index contributed by atoms with van der Waals surface area (Å²) in [5.74, 6) is -80.4. The molecule has 24 heteroatoms. The second-order valence-corrected chi connectivity index (χ2v) is 9.54. The molecule has 0 aliphatic rings. The molecule has 0 fully saturated rings. The van der Waals surface area contributed by atoms with E-state index < -0.39 is 84.9 Å². The quantitative estimate of drug-likeness (QED) is 0.164. The lowest BCUT2D eigenvalue weighted by Crippen LogP contribution is -2.77. The van der Waals surface area contributed by atoms with Crippen LogP contribution in [0.25, 0.3) is 0 Å². The van der Waals surface area contributed by atoms with Crippen molar-refractivity contribution in [3.8, 4) is 5.75 Å². The number of benzene rings is 1. The fraction of sp³-hybridized carbons (Fsp3) is 0.682. The Labute approximate surface area is 241 Å². The summed E-state index contributed by atoms with van der Waals surface area (Å²) in [5, 5.41) is 9.62. The second kappa shape index (κ2) is 11.6. The predicted molar refractivity (Wildman–Crippen MR) is 107 cm³/mol. The Hall–Kier alpha value is -2.98. The summed E-state index contributed by atoms with van der Waals surface area (Å²) in [4.78, 5) is 11.6. The SMILES string of the molecule is Cc1cc(CCC(=O)OCC(F)(F)C(F)(F)C(F)(F)C(F)(F)C(F)(F)C(F)(F)C(F)(F)C(F)(F)C(F)(F)C(F)(F)F)cc(C)c1O. The summed E-state index contributed by atoms with van der Waals surface area (Å²) < 4.78 is 285. The molecule has 0 spiro atoms. The number of ether oxygens (including phenoxy) is 1. The molecule has 1 aromatic carbocycles. The zero-order valence-corrected chi connectivity index (χ0v) is 22.0. The van der Waals surface area contributed by atoms with Crippen molar-refractivity contribution in [1.29, 1.82) is 0 Å². The van der Waals surface area contributed by atoms with Crippen LogP contribution in [0.3, 0.4) is 0 Å². The maximum absolute atomic E-state index is 13.9. The predicted octanol–water partition coefficient (Wildman–Crippen LogP) is 8.76. The van der Waals surface area contributed by atoms with E-state index in [-0.39, 0.29) is 22.4 Å². The van der Waals surface area contributed by atoms with Crippen molar-refractivity contribution in [1.82, 2.24) is 0 Å². The Morgan fingerprint density at radius 1 is 0.565 bits per heavy atom. The number of alkyl halides is 21. The maximum atomic E-state index is 13.9. The summed E-state index contributed by atoms with van der Waals surface area (Å²) in [7, 11) is 0. The highest BCUT2D eigenvalue weighted by atomic mass is 19.4. The van der Waals surface area contributed by atoms with Gasteiger partial charge in [-0.25, -0.2) is 0 Å². The first-order valence-electron chi connectivity index (χ1n) is 11.4. The number of hydrogen-bond donors (Lipinski definition) is 1. The lowest BCUT2D eigenvalue weighted by molar-refractivity contribution is -0.474. The van der Waals surface area contributed by atoms with Crippen LogP contribution in [-0.2, 0) is 16.0 Å². The van der Waals surface area contributed by atoms with Crippen LogP contribution >= 0.6 is 0 Å². The van der Waals surface area contributed by atoms with Gasteiger partial charge in [0.25, 0.3) is 0 Å². The van der Waals surface area contributed by atoms with Crippen LogP contribution in [0.4, 0.5) is 92.2 Å². The Morgan fingerprint density at radius 2 is 0.870 bits per heavy atom. The number of carbonyl (C=O) groups excluding carboxylic acids is 1. The minimum absolute atomic E-state index is 0.117. The number of phenolic OH excluding ortho intramolecular Hbond substituents is 1. The molecule has 0 aliphatic heterocycles. The van der Waals surface area contributed by atoms with Gasteiger partial charge in [0.2, 0.25) is 0 Å². The van der Waals surface area contributed by atoms with Crippen LogP contribution in [0, 0.1) is 13.8 Å². The van der Waals surface area contributed by atoms with Gasteiger partial charge in [-0.3, -0.25) is 4.79 Å². The fourth-order valence-corrected chi connectivity index (χ4v) is 3.36. The summed E-state index contributed by atoms with van der Waals surface area (Å²) >= 11 is 0. The lowest BCUT2D eigenvalue weighted by Gasteiger charge is -2.44. The third-order valence-corrected chi connectivity index (χ3v) is 6.16. The largest absolute Gasteiger partial charge is 0.507 e. The highest BCUT2D eigenvalue weighted by Gasteiger charge is 2.97.